The summed E-state index contributed by atoms with van der Waals surface area (Å²) in [5, 5.41) is 21.4. The predicted octanol–water partition coefficient (Wildman–Crippen LogP) is 1.95. The molecule has 1 amide bonds. The van der Waals surface area contributed by atoms with Crippen LogP contribution in [0.1, 0.15) is 33.6 Å². The van der Waals surface area contributed by atoms with E-state index in [1.807, 2.05) is 19.9 Å². The van der Waals surface area contributed by atoms with E-state index in [-0.39, 0.29) is 5.91 Å². The lowest BCUT2D eigenvalue weighted by molar-refractivity contribution is -0.116. The molecule has 3 N–H and O–H groups in total. The average molecular weight is 281 g/mol. The summed E-state index contributed by atoms with van der Waals surface area (Å²) in [7, 11) is 0. The highest BCUT2D eigenvalue weighted by atomic mass is 16.3. The van der Waals surface area contributed by atoms with E-state index in [1.165, 1.54) is 6.08 Å². The fourth-order valence-corrected chi connectivity index (χ4v) is 1.33. The number of hydrogen-bond donors (Lipinski definition) is 3. The Bertz CT molecular complexity index is 344. The molecular weight excluding hydrogens is 254 g/mol. The minimum atomic E-state index is -0.549. The van der Waals surface area contributed by atoms with Gasteiger partial charge in [-0.25, -0.2) is 0 Å². The van der Waals surface area contributed by atoms with Crippen molar-refractivity contribution in [1.29, 1.82) is 0 Å². The molecule has 0 rings (SSSR count). The molecular formula is C16H27NO3. The summed E-state index contributed by atoms with van der Waals surface area (Å²) in [6, 6.07) is 0. The van der Waals surface area contributed by atoms with Gasteiger partial charge in [-0.15, -0.1) is 0 Å². The molecule has 0 aromatic rings. The van der Waals surface area contributed by atoms with Crippen LogP contribution in [0, 0.1) is 5.92 Å². The van der Waals surface area contributed by atoms with Gasteiger partial charge in [0, 0.05) is 12.6 Å². The van der Waals surface area contributed by atoms with E-state index in [0.29, 0.717) is 25.3 Å². The van der Waals surface area contributed by atoms with Gasteiger partial charge in [0.05, 0.1) is 12.2 Å². The minimum absolute atomic E-state index is 0.0942. The predicted molar refractivity (Wildman–Crippen MR) is 82.2 cm³/mol. The van der Waals surface area contributed by atoms with Crippen molar-refractivity contribution in [2.24, 2.45) is 5.92 Å². The molecule has 114 valence electrons. The zero-order valence-electron chi connectivity index (χ0n) is 12.6. The van der Waals surface area contributed by atoms with Gasteiger partial charge in [0.1, 0.15) is 0 Å². The minimum Gasteiger partial charge on any atom is -0.389 e. The molecule has 0 aromatic heterocycles. The second-order valence-electron chi connectivity index (χ2n) is 5.20. The Hall–Kier alpha value is -1.39. The highest BCUT2D eigenvalue weighted by Gasteiger charge is 1.97. The molecule has 0 fully saturated rings. The molecule has 0 heterocycles. The fourth-order valence-electron chi connectivity index (χ4n) is 1.33. The van der Waals surface area contributed by atoms with E-state index < -0.39 is 12.2 Å². The lowest BCUT2D eigenvalue weighted by atomic mass is 10.1. The van der Waals surface area contributed by atoms with Crippen molar-refractivity contribution in [1.82, 2.24) is 5.32 Å². The number of carbonyl (C=O) groups is 1. The number of rotatable bonds is 9. The summed E-state index contributed by atoms with van der Waals surface area (Å²) in [5.74, 6) is 0.349. The number of carbonyl (C=O) groups excluding carboxylic acids is 1. The molecule has 20 heavy (non-hydrogen) atoms. The Morgan fingerprint density at radius 2 is 1.85 bits per heavy atom. The number of aliphatic hydroxyl groups is 2. The maximum Gasteiger partial charge on any atom is 0.243 e. The van der Waals surface area contributed by atoms with Crippen LogP contribution in [0.4, 0.5) is 0 Å². The Kier molecular flexibility index (Phi) is 10.6. The standard InChI is InChI=1S/C16H27NO3/c1-13(2)12-17-16(20)9-7-5-4-6-8-15(19)11-10-14(3)18/h4-5,7,9-11,13-15,18-19H,6,8,12H2,1-3H3,(H,17,20). The van der Waals surface area contributed by atoms with Gasteiger partial charge in [0.2, 0.25) is 5.91 Å². The smallest absolute Gasteiger partial charge is 0.243 e. The van der Waals surface area contributed by atoms with E-state index in [0.717, 1.165) is 0 Å². The zero-order chi connectivity index (χ0) is 15.4. The van der Waals surface area contributed by atoms with Crippen LogP contribution in [-0.4, -0.2) is 34.9 Å². The summed E-state index contributed by atoms with van der Waals surface area (Å²) in [5.41, 5.74) is 0. The molecule has 0 radical (unpaired) electrons. The van der Waals surface area contributed by atoms with E-state index in [1.54, 1.807) is 31.2 Å². The van der Waals surface area contributed by atoms with Gasteiger partial charge >= 0.3 is 0 Å². The molecule has 0 saturated heterocycles. The van der Waals surface area contributed by atoms with Gasteiger partial charge in [0.25, 0.3) is 0 Å². The molecule has 2 unspecified atom stereocenters. The molecule has 0 saturated carbocycles. The van der Waals surface area contributed by atoms with Gasteiger partial charge in [-0.1, -0.05) is 44.2 Å². The first-order chi connectivity index (χ1) is 9.41. The largest absolute Gasteiger partial charge is 0.389 e. The van der Waals surface area contributed by atoms with Crippen molar-refractivity contribution in [3.63, 3.8) is 0 Å². The van der Waals surface area contributed by atoms with Crippen LogP contribution in [0.5, 0.6) is 0 Å². The van der Waals surface area contributed by atoms with Crippen molar-refractivity contribution in [3.8, 4) is 0 Å². The number of allylic oxidation sites excluding steroid dienone is 3. The molecule has 0 aliphatic heterocycles. The quantitative estimate of drug-likeness (QED) is 0.344. The van der Waals surface area contributed by atoms with E-state index in [2.05, 4.69) is 5.32 Å². The van der Waals surface area contributed by atoms with Crippen molar-refractivity contribution >= 4 is 5.91 Å². The van der Waals surface area contributed by atoms with E-state index in [4.69, 9.17) is 5.11 Å². The summed E-state index contributed by atoms with van der Waals surface area (Å²) in [6.45, 7) is 6.40. The Morgan fingerprint density at radius 3 is 2.45 bits per heavy atom. The van der Waals surface area contributed by atoms with Crippen molar-refractivity contribution in [2.75, 3.05) is 6.54 Å². The van der Waals surface area contributed by atoms with E-state index >= 15 is 0 Å². The van der Waals surface area contributed by atoms with Gasteiger partial charge < -0.3 is 15.5 Å². The molecule has 2 atom stereocenters. The molecule has 0 aliphatic rings. The molecule has 4 nitrogen and oxygen atoms in total. The third-order valence-corrected chi connectivity index (χ3v) is 2.42. The summed E-state index contributed by atoms with van der Waals surface area (Å²) < 4.78 is 0. The maximum atomic E-state index is 11.3. The molecule has 0 bridgehead atoms. The van der Waals surface area contributed by atoms with Crippen LogP contribution in [0.25, 0.3) is 0 Å². The van der Waals surface area contributed by atoms with Crippen LogP contribution in [0.3, 0.4) is 0 Å². The van der Waals surface area contributed by atoms with Crippen LogP contribution in [0.2, 0.25) is 0 Å². The normalized spacial score (nSPS) is 15.5. The molecule has 0 aliphatic carbocycles. The summed E-state index contributed by atoms with van der Waals surface area (Å²) in [6.07, 6.45) is 10.2. The first-order valence-corrected chi connectivity index (χ1v) is 7.07. The topological polar surface area (TPSA) is 69.6 Å². The number of amides is 1. The van der Waals surface area contributed by atoms with Crippen molar-refractivity contribution < 1.29 is 15.0 Å². The van der Waals surface area contributed by atoms with E-state index in [9.17, 15) is 9.90 Å². The third-order valence-electron chi connectivity index (χ3n) is 2.42. The molecule has 0 spiro atoms. The average Bonchev–Trinajstić information content (AvgIpc) is 2.37. The first-order valence-electron chi connectivity index (χ1n) is 7.07. The Labute approximate surface area is 121 Å². The fraction of sp³-hybridized carbons (Fsp3) is 0.562. The second kappa shape index (κ2) is 11.4. The first kappa shape index (κ1) is 18.6. The van der Waals surface area contributed by atoms with Gasteiger partial charge in [-0.3, -0.25) is 4.79 Å². The zero-order valence-corrected chi connectivity index (χ0v) is 12.6. The van der Waals surface area contributed by atoms with Crippen LogP contribution in [0.15, 0.2) is 36.5 Å². The molecule has 0 aromatic carbocycles. The van der Waals surface area contributed by atoms with Gasteiger partial charge in [-0.2, -0.15) is 0 Å². The van der Waals surface area contributed by atoms with Crippen LogP contribution < -0.4 is 5.32 Å². The summed E-state index contributed by atoms with van der Waals surface area (Å²) >= 11 is 0. The maximum absolute atomic E-state index is 11.3. The number of hydrogen-bond acceptors (Lipinski definition) is 3. The second-order valence-corrected chi connectivity index (χ2v) is 5.20. The lowest BCUT2D eigenvalue weighted by Gasteiger charge is -2.04. The lowest BCUT2D eigenvalue weighted by Crippen LogP contribution is -2.25. The van der Waals surface area contributed by atoms with Gasteiger partial charge in [-0.05, 0) is 25.7 Å². The highest BCUT2D eigenvalue weighted by Crippen LogP contribution is 2.01. The monoisotopic (exact) mass is 281 g/mol. The van der Waals surface area contributed by atoms with Crippen LogP contribution >= 0.6 is 0 Å². The third kappa shape index (κ3) is 13.1. The highest BCUT2D eigenvalue weighted by molar-refractivity contribution is 5.87. The Balaban J connectivity index is 3.78. The summed E-state index contributed by atoms with van der Waals surface area (Å²) in [4.78, 5) is 11.3. The van der Waals surface area contributed by atoms with Gasteiger partial charge in [0.15, 0.2) is 0 Å². The Morgan fingerprint density at radius 1 is 1.15 bits per heavy atom. The number of nitrogens with one attached hydrogen (secondary N) is 1. The van der Waals surface area contributed by atoms with Crippen molar-refractivity contribution in [3.05, 3.63) is 36.5 Å². The SMILES string of the molecule is CC(O)C=CC(O)CCC=CC=CC(=O)NCC(C)C. The number of aliphatic hydroxyl groups excluding tert-OH is 2. The molecule has 4 heteroatoms. The van der Waals surface area contributed by atoms with Crippen molar-refractivity contribution in [2.45, 2.75) is 45.8 Å². The van der Waals surface area contributed by atoms with Crippen LogP contribution in [-0.2, 0) is 4.79 Å².